The third-order valence-electron chi connectivity index (χ3n) is 7.23. The van der Waals surface area contributed by atoms with E-state index >= 15 is 0 Å². The second-order valence-corrected chi connectivity index (χ2v) is 11.8. The highest BCUT2D eigenvalue weighted by molar-refractivity contribution is 7.92. The van der Waals surface area contributed by atoms with Gasteiger partial charge >= 0.3 is 0 Å². The zero-order valence-electron chi connectivity index (χ0n) is 22.4. The average molecular weight is 548 g/mol. The molecule has 0 spiro atoms. The van der Waals surface area contributed by atoms with E-state index in [2.05, 4.69) is 5.32 Å². The molecule has 0 unspecified atom stereocenters. The molecule has 206 valence electrons. The zero-order valence-corrected chi connectivity index (χ0v) is 23.2. The lowest BCUT2D eigenvalue weighted by molar-refractivity contribution is -0.139. The summed E-state index contributed by atoms with van der Waals surface area (Å²) < 4.78 is 28.6. The summed E-state index contributed by atoms with van der Waals surface area (Å²) in [5.41, 5.74) is 1.43. The Balaban J connectivity index is 1.64. The fourth-order valence-electron chi connectivity index (χ4n) is 5.11. The highest BCUT2D eigenvalue weighted by Crippen LogP contribution is 2.24. The van der Waals surface area contributed by atoms with Gasteiger partial charge in [0.25, 0.3) is 10.0 Å². The Kier molecular flexibility index (Phi) is 9.76. The maximum absolute atomic E-state index is 14.0. The van der Waals surface area contributed by atoms with Crippen LogP contribution in [-0.2, 0) is 26.0 Å². The van der Waals surface area contributed by atoms with Gasteiger partial charge in [-0.25, -0.2) is 8.42 Å². The maximum atomic E-state index is 14.0. The molecule has 1 aliphatic carbocycles. The first-order chi connectivity index (χ1) is 18.9. The van der Waals surface area contributed by atoms with Crippen molar-refractivity contribution in [2.24, 2.45) is 0 Å². The Bertz CT molecular complexity index is 1310. The second kappa shape index (κ2) is 13.4. The Morgan fingerprint density at radius 3 is 2.03 bits per heavy atom. The molecule has 4 rings (SSSR count). The number of nitrogens with one attached hydrogen (secondary N) is 1. The molecule has 1 atom stereocenters. The molecule has 0 saturated heterocycles. The highest BCUT2D eigenvalue weighted by Gasteiger charge is 2.34. The number of amides is 2. The van der Waals surface area contributed by atoms with Crippen LogP contribution in [0, 0.1) is 0 Å². The molecule has 0 aromatic heterocycles. The van der Waals surface area contributed by atoms with Gasteiger partial charge in [0.2, 0.25) is 11.8 Å². The third-order valence-corrected chi connectivity index (χ3v) is 9.01. The number of rotatable bonds is 12. The van der Waals surface area contributed by atoms with Crippen molar-refractivity contribution in [3.63, 3.8) is 0 Å². The summed E-state index contributed by atoms with van der Waals surface area (Å²) in [5, 5.41) is 3.14. The molecule has 7 nitrogen and oxygen atoms in total. The van der Waals surface area contributed by atoms with Gasteiger partial charge in [0, 0.05) is 12.6 Å². The minimum absolute atomic E-state index is 0.100. The minimum Gasteiger partial charge on any atom is -0.352 e. The number of benzene rings is 3. The number of carbonyl (C=O) groups is 2. The van der Waals surface area contributed by atoms with Crippen LogP contribution >= 0.6 is 0 Å². The number of carbonyl (C=O) groups excluding carboxylic acids is 2. The molecule has 1 saturated carbocycles. The lowest BCUT2D eigenvalue weighted by Gasteiger charge is -2.33. The molecule has 1 fully saturated rings. The van der Waals surface area contributed by atoms with E-state index in [1.807, 2.05) is 37.3 Å². The van der Waals surface area contributed by atoms with E-state index in [0.29, 0.717) is 25.1 Å². The number of para-hydroxylation sites is 1. The van der Waals surface area contributed by atoms with Gasteiger partial charge in [-0.2, -0.15) is 0 Å². The summed E-state index contributed by atoms with van der Waals surface area (Å²) >= 11 is 0. The molecule has 39 heavy (non-hydrogen) atoms. The zero-order chi connectivity index (χ0) is 27.7. The summed E-state index contributed by atoms with van der Waals surface area (Å²) in [6, 6.07) is 25.9. The van der Waals surface area contributed by atoms with E-state index in [0.717, 1.165) is 35.6 Å². The van der Waals surface area contributed by atoms with Crippen molar-refractivity contribution in [3.8, 4) is 0 Å². The molecule has 0 heterocycles. The monoisotopic (exact) mass is 547 g/mol. The molecule has 3 aromatic carbocycles. The quantitative estimate of drug-likeness (QED) is 0.353. The van der Waals surface area contributed by atoms with E-state index in [1.165, 1.54) is 12.1 Å². The molecule has 0 aliphatic heterocycles. The summed E-state index contributed by atoms with van der Waals surface area (Å²) in [7, 11) is -4.04. The predicted octanol–water partition coefficient (Wildman–Crippen LogP) is 4.79. The van der Waals surface area contributed by atoms with E-state index in [4.69, 9.17) is 0 Å². The van der Waals surface area contributed by atoms with E-state index in [1.54, 1.807) is 53.4 Å². The number of hydrogen-bond acceptors (Lipinski definition) is 4. The second-order valence-electron chi connectivity index (χ2n) is 9.90. The van der Waals surface area contributed by atoms with Crippen molar-refractivity contribution in [1.29, 1.82) is 0 Å². The van der Waals surface area contributed by atoms with Crippen LogP contribution in [0.3, 0.4) is 0 Å². The van der Waals surface area contributed by atoms with Crippen molar-refractivity contribution in [1.82, 2.24) is 10.2 Å². The van der Waals surface area contributed by atoms with Gasteiger partial charge in [-0.15, -0.1) is 0 Å². The SMILES string of the molecule is CC[C@@H](C(=O)NC1CCCC1)N(CCc1ccccc1)C(=O)CN(c1ccccc1)S(=O)(=O)c1ccccc1. The van der Waals surface area contributed by atoms with Gasteiger partial charge < -0.3 is 10.2 Å². The van der Waals surface area contributed by atoms with Crippen LogP contribution in [-0.4, -0.2) is 50.3 Å². The van der Waals surface area contributed by atoms with Gasteiger partial charge in [-0.1, -0.05) is 86.5 Å². The predicted molar refractivity (Wildman–Crippen MR) is 154 cm³/mol. The Labute approximate surface area is 231 Å². The maximum Gasteiger partial charge on any atom is 0.264 e. The van der Waals surface area contributed by atoms with Crippen LogP contribution in [0.2, 0.25) is 0 Å². The first-order valence-corrected chi connectivity index (χ1v) is 15.1. The van der Waals surface area contributed by atoms with Crippen LogP contribution in [0.1, 0.15) is 44.6 Å². The van der Waals surface area contributed by atoms with Crippen molar-refractivity contribution >= 4 is 27.5 Å². The summed E-state index contributed by atoms with van der Waals surface area (Å²) in [5.74, 6) is -0.592. The summed E-state index contributed by atoms with van der Waals surface area (Å²) in [6.45, 7) is 1.77. The standard InChI is InChI=1S/C31H37N3O4S/c1-2-29(31(36)32-26-16-12-13-17-26)33(23-22-25-14-6-3-7-15-25)30(35)24-34(27-18-8-4-9-19-27)39(37,38)28-20-10-5-11-21-28/h3-11,14-15,18-21,26,29H,2,12-13,16-17,22-24H2,1H3,(H,32,36)/t29-/m0/s1. The van der Waals surface area contributed by atoms with Crippen LogP contribution in [0.5, 0.6) is 0 Å². The molecule has 0 bridgehead atoms. The minimum atomic E-state index is -4.04. The van der Waals surface area contributed by atoms with Crippen molar-refractivity contribution in [2.75, 3.05) is 17.4 Å². The lowest BCUT2D eigenvalue weighted by atomic mass is 10.1. The van der Waals surface area contributed by atoms with Crippen LogP contribution < -0.4 is 9.62 Å². The fourth-order valence-corrected chi connectivity index (χ4v) is 6.54. The Hall–Kier alpha value is -3.65. The summed E-state index contributed by atoms with van der Waals surface area (Å²) in [6.07, 6.45) is 5.03. The van der Waals surface area contributed by atoms with E-state index in [-0.39, 0.29) is 16.8 Å². The van der Waals surface area contributed by atoms with E-state index in [9.17, 15) is 18.0 Å². The smallest absolute Gasteiger partial charge is 0.264 e. The van der Waals surface area contributed by atoms with Crippen LogP contribution in [0.25, 0.3) is 0 Å². The van der Waals surface area contributed by atoms with Gasteiger partial charge in [-0.05, 0) is 55.5 Å². The first kappa shape index (κ1) is 28.4. The Morgan fingerprint density at radius 1 is 0.872 bits per heavy atom. The molecule has 8 heteroatoms. The lowest BCUT2D eigenvalue weighted by Crippen LogP contribution is -2.54. The molecule has 3 aromatic rings. The van der Waals surface area contributed by atoms with Crippen molar-refractivity contribution < 1.29 is 18.0 Å². The normalized spacial score (nSPS) is 14.5. The number of nitrogens with zero attached hydrogens (tertiary/aromatic N) is 2. The number of hydrogen-bond donors (Lipinski definition) is 1. The topological polar surface area (TPSA) is 86.8 Å². The van der Waals surface area contributed by atoms with Crippen LogP contribution in [0.4, 0.5) is 5.69 Å². The highest BCUT2D eigenvalue weighted by atomic mass is 32.2. The first-order valence-electron chi connectivity index (χ1n) is 13.7. The molecule has 1 N–H and O–H groups in total. The molecule has 1 aliphatic rings. The van der Waals surface area contributed by atoms with Gasteiger partial charge in [0.05, 0.1) is 10.6 Å². The molecular weight excluding hydrogens is 510 g/mol. The average Bonchev–Trinajstić information content (AvgIpc) is 3.48. The van der Waals surface area contributed by atoms with E-state index < -0.39 is 28.5 Å². The number of sulfonamides is 1. The van der Waals surface area contributed by atoms with Gasteiger partial charge in [-0.3, -0.25) is 13.9 Å². The van der Waals surface area contributed by atoms with Crippen LogP contribution in [0.15, 0.2) is 95.9 Å². The van der Waals surface area contributed by atoms with Gasteiger partial charge in [0.1, 0.15) is 12.6 Å². The van der Waals surface area contributed by atoms with Crippen molar-refractivity contribution in [3.05, 3.63) is 96.6 Å². The summed E-state index contributed by atoms with van der Waals surface area (Å²) in [4.78, 5) is 29.1. The molecular formula is C31H37N3O4S. The Morgan fingerprint density at radius 2 is 1.44 bits per heavy atom. The third kappa shape index (κ3) is 7.26. The number of anilines is 1. The van der Waals surface area contributed by atoms with Gasteiger partial charge in [0.15, 0.2) is 0 Å². The molecule has 0 radical (unpaired) electrons. The largest absolute Gasteiger partial charge is 0.352 e. The molecule has 2 amide bonds. The van der Waals surface area contributed by atoms with Crippen molar-refractivity contribution in [2.45, 2.75) is 62.4 Å². The fraction of sp³-hybridized carbons (Fsp3) is 0.355.